The maximum atomic E-state index is 12.8. The Hall–Kier alpha value is -2.63. The maximum absolute atomic E-state index is 12.8. The van der Waals surface area contributed by atoms with Gasteiger partial charge in [-0.3, -0.25) is 14.2 Å². The molecular formula is C22H22N4O2S2. The van der Waals surface area contributed by atoms with Crippen molar-refractivity contribution in [2.24, 2.45) is 0 Å². The first-order valence-corrected chi connectivity index (χ1v) is 11.9. The number of thiophene rings is 1. The number of hydrogen-bond donors (Lipinski definition) is 1. The number of nitrogens with one attached hydrogen (secondary N) is 1. The van der Waals surface area contributed by atoms with Gasteiger partial charge in [-0.05, 0) is 49.8 Å². The highest BCUT2D eigenvalue weighted by molar-refractivity contribution is 7.99. The van der Waals surface area contributed by atoms with Gasteiger partial charge >= 0.3 is 0 Å². The smallest absolute Gasteiger partial charge is 0.262 e. The number of anilines is 1. The third-order valence-electron chi connectivity index (χ3n) is 5.14. The number of nitriles is 1. The van der Waals surface area contributed by atoms with Gasteiger partial charge in [-0.2, -0.15) is 5.26 Å². The number of amides is 1. The van der Waals surface area contributed by atoms with E-state index in [0.717, 1.165) is 37.7 Å². The second-order valence-corrected chi connectivity index (χ2v) is 9.28. The van der Waals surface area contributed by atoms with Crippen LogP contribution in [-0.2, 0) is 24.2 Å². The number of aryl methyl sites for hydroxylation is 1. The van der Waals surface area contributed by atoms with Crippen molar-refractivity contribution in [1.29, 1.82) is 5.26 Å². The van der Waals surface area contributed by atoms with Gasteiger partial charge in [-0.15, -0.1) is 11.3 Å². The third-order valence-corrected chi connectivity index (χ3v) is 7.33. The SMILES string of the molecule is CCCn1c(SCC(=O)Nc2sc3c(c2C#N)CCCC3)nc2ccccc2c1=O. The summed E-state index contributed by atoms with van der Waals surface area (Å²) >= 11 is 2.77. The van der Waals surface area contributed by atoms with Crippen molar-refractivity contribution in [2.45, 2.75) is 50.7 Å². The molecule has 6 nitrogen and oxygen atoms in total. The van der Waals surface area contributed by atoms with Gasteiger partial charge in [0.05, 0.1) is 22.2 Å². The number of rotatable bonds is 6. The number of fused-ring (bicyclic) bond motifs is 2. The van der Waals surface area contributed by atoms with Crippen LogP contribution in [0, 0.1) is 11.3 Å². The van der Waals surface area contributed by atoms with E-state index in [9.17, 15) is 14.9 Å². The molecule has 0 fully saturated rings. The van der Waals surface area contributed by atoms with E-state index in [2.05, 4.69) is 16.4 Å². The second kappa shape index (κ2) is 9.02. The first-order chi connectivity index (χ1) is 14.6. The van der Waals surface area contributed by atoms with Gasteiger partial charge < -0.3 is 5.32 Å². The fourth-order valence-electron chi connectivity index (χ4n) is 3.74. The Labute approximate surface area is 182 Å². The van der Waals surface area contributed by atoms with Gasteiger partial charge in [0.15, 0.2) is 5.16 Å². The van der Waals surface area contributed by atoms with Crippen molar-refractivity contribution in [1.82, 2.24) is 9.55 Å². The first-order valence-electron chi connectivity index (χ1n) is 10.1. The van der Waals surface area contributed by atoms with Crippen LogP contribution in [0.25, 0.3) is 10.9 Å². The summed E-state index contributed by atoms with van der Waals surface area (Å²) in [6.07, 6.45) is 4.90. The molecule has 0 spiro atoms. The first kappa shape index (κ1) is 20.6. The van der Waals surface area contributed by atoms with E-state index < -0.39 is 0 Å². The van der Waals surface area contributed by atoms with E-state index in [1.807, 2.05) is 25.1 Å². The van der Waals surface area contributed by atoms with E-state index in [0.29, 0.717) is 33.2 Å². The molecule has 1 N–H and O–H groups in total. The molecule has 1 aliphatic rings. The molecule has 2 heterocycles. The highest BCUT2D eigenvalue weighted by Crippen LogP contribution is 2.37. The zero-order valence-corrected chi connectivity index (χ0v) is 18.4. The monoisotopic (exact) mass is 438 g/mol. The summed E-state index contributed by atoms with van der Waals surface area (Å²) in [4.78, 5) is 31.3. The Kier molecular flexibility index (Phi) is 6.21. The lowest BCUT2D eigenvalue weighted by Gasteiger charge is -2.12. The van der Waals surface area contributed by atoms with Crippen molar-refractivity contribution in [3.63, 3.8) is 0 Å². The zero-order chi connectivity index (χ0) is 21.1. The van der Waals surface area contributed by atoms with Crippen molar-refractivity contribution >= 4 is 44.9 Å². The molecule has 4 rings (SSSR count). The summed E-state index contributed by atoms with van der Waals surface area (Å²) in [7, 11) is 0. The second-order valence-electron chi connectivity index (χ2n) is 7.23. The number of para-hydroxylation sites is 1. The lowest BCUT2D eigenvalue weighted by molar-refractivity contribution is -0.113. The van der Waals surface area contributed by atoms with Crippen molar-refractivity contribution in [3.8, 4) is 6.07 Å². The normalized spacial score (nSPS) is 13.1. The molecule has 0 atom stereocenters. The largest absolute Gasteiger partial charge is 0.316 e. The predicted molar refractivity (Wildman–Crippen MR) is 121 cm³/mol. The molecule has 3 aromatic rings. The summed E-state index contributed by atoms with van der Waals surface area (Å²) in [5, 5.41) is 14.3. The van der Waals surface area contributed by atoms with Crippen LogP contribution in [-0.4, -0.2) is 21.2 Å². The average molecular weight is 439 g/mol. The van der Waals surface area contributed by atoms with Crippen LogP contribution in [0.5, 0.6) is 0 Å². The molecule has 30 heavy (non-hydrogen) atoms. The van der Waals surface area contributed by atoms with Crippen LogP contribution in [0.1, 0.15) is 42.2 Å². The molecular weight excluding hydrogens is 416 g/mol. The van der Waals surface area contributed by atoms with E-state index >= 15 is 0 Å². The van der Waals surface area contributed by atoms with Crippen LogP contribution >= 0.6 is 23.1 Å². The number of benzene rings is 1. The van der Waals surface area contributed by atoms with Gasteiger partial charge in [0, 0.05) is 11.4 Å². The summed E-state index contributed by atoms with van der Waals surface area (Å²) in [5.74, 6) is -0.0670. The number of nitrogens with zero attached hydrogens (tertiary/aromatic N) is 3. The molecule has 2 aromatic heterocycles. The summed E-state index contributed by atoms with van der Waals surface area (Å²) in [6.45, 7) is 2.56. The third kappa shape index (κ3) is 4.00. The minimum absolute atomic E-state index is 0.0805. The van der Waals surface area contributed by atoms with Crippen LogP contribution in [0.2, 0.25) is 0 Å². The van der Waals surface area contributed by atoms with Crippen molar-refractivity contribution < 1.29 is 4.79 Å². The maximum Gasteiger partial charge on any atom is 0.262 e. The quantitative estimate of drug-likeness (QED) is 0.457. The summed E-state index contributed by atoms with van der Waals surface area (Å²) in [5.41, 5.74) is 2.27. The highest BCUT2D eigenvalue weighted by atomic mass is 32.2. The topological polar surface area (TPSA) is 87.8 Å². The number of carbonyl (C=O) groups excluding carboxylic acids is 1. The molecule has 1 aliphatic carbocycles. The van der Waals surface area contributed by atoms with Crippen LogP contribution in [0.15, 0.2) is 34.2 Å². The minimum Gasteiger partial charge on any atom is -0.316 e. The molecule has 0 saturated heterocycles. The van der Waals surface area contributed by atoms with Crippen LogP contribution in [0.3, 0.4) is 0 Å². The van der Waals surface area contributed by atoms with E-state index in [1.165, 1.54) is 28.0 Å². The van der Waals surface area contributed by atoms with E-state index in [-0.39, 0.29) is 17.2 Å². The van der Waals surface area contributed by atoms with Gasteiger partial charge in [-0.25, -0.2) is 4.98 Å². The van der Waals surface area contributed by atoms with Gasteiger partial charge in [0.25, 0.3) is 5.56 Å². The fraction of sp³-hybridized carbons (Fsp3) is 0.364. The van der Waals surface area contributed by atoms with Gasteiger partial charge in [0.2, 0.25) is 5.91 Å². The Morgan fingerprint density at radius 1 is 1.33 bits per heavy atom. The fourth-order valence-corrected chi connectivity index (χ4v) is 5.82. The predicted octanol–water partition coefficient (Wildman–Crippen LogP) is 4.35. The standard InChI is InChI=1S/C22H22N4O2S2/c1-2-11-26-21(28)15-8-3-5-9-17(15)24-22(26)29-13-19(27)25-20-16(12-23)14-7-4-6-10-18(14)30-20/h3,5,8-9H,2,4,6-7,10-11,13H2,1H3,(H,25,27). The molecule has 1 aromatic carbocycles. The molecule has 154 valence electrons. The molecule has 1 amide bonds. The molecule has 8 heteroatoms. The Bertz CT molecular complexity index is 1210. The number of thioether (sulfide) groups is 1. The van der Waals surface area contributed by atoms with E-state index in [4.69, 9.17) is 0 Å². The highest BCUT2D eigenvalue weighted by Gasteiger charge is 2.22. The minimum atomic E-state index is -0.194. The van der Waals surface area contributed by atoms with Crippen LogP contribution in [0.4, 0.5) is 5.00 Å². The molecule has 0 aliphatic heterocycles. The Morgan fingerprint density at radius 2 is 2.13 bits per heavy atom. The van der Waals surface area contributed by atoms with Crippen molar-refractivity contribution in [2.75, 3.05) is 11.1 Å². The van der Waals surface area contributed by atoms with Crippen molar-refractivity contribution in [3.05, 3.63) is 50.6 Å². The van der Waals surface area contributed by atoms with Gasteiger partial charge in [0.1, 0.15) is 11.1 Å². The number of carbonyl (C=O) groups is 1. The van der Waals surface area contributed by atoms with Crippen LogP contribution < -0.4 is 10.9 Å². The summed E-state index contributed by atoms with van der Waals surface area (Å²) < 4.78 is 1.64. The number of aromatic nitrogens is 2. The molecule has 0 saturated carbocycles. The average Bonchev–Trinajstić information content (AvgIpc) is 3.11. The zero-order valence-electron chi connectivity index (χ0n) is 16.7. The van der Waals surface area contributed by atoms with Gasteiger partial charge in [-0.1, -0.05) is 30.8 Å². The Balaban J connectivity index is 1.54. The van der Waals surface area contributed by atoms with E-state index in [1.54, 1.807) is 10.6 Å². The number of hydrogen-bond acceptors (Lipinski definition) is 6. The Morgan fingerprint density at radius 3 is 2.93 bits per heavy atom. The molecule has 0 radical (unpaired) electrons. The lowest BCUT2D eigenvalue weighted by atomic mass is 9.96. The molecule has 0 bridgehead atoms. The molecule has 0 unspecified atom stereocenters. The summed E-state index contributed by atoms with van der Waals surface area (Å²) in [6, 6.07) is 9.54. The lowest BCUT2D eigenvalue weighted by Crippen LogP contribution is -2.24.